The van der Waals surface area contributed by atoms with Crippen LogP contribution in [-0.2, 0) is 0 Å². The third-order valence-corrected chi connectivity index (χ3v) is 6.11. The van der Waals surface area contributed by atoms with Gasteiger partial charge in [0.1, 0.15) is 0 Å². The molecule has 0 saturated carbocycles. The molecular weight excluding hydrogens is 394 g/mol. The van der Waals surface area contributed by atoms with E-state index >= 15 is 0 Å². The van der Waals surface area contributed by atoms with Gasteiger partial charge in [-0.15, -0.1) is 11.3 Å². The molecule has 0 aliphatic carbocycles. The minimum atomic E-state index is -0.342. The molecule has 0 spiro atoms. The summed E-state index contributed by atoms with van der Waals surface area (Å²) in [5, 5.41) is 13.3. The number of nitro benzene ring substituents is 1. The van der Waals surface area contributed by atoms with E-state index in [1.807, 2.05) is 24.3 Å². The van der Waals surface area contributed by atoms with Crippen molar-refractivity contribution in [1.29, 1.82) is 0 Å². The number of thiazole rings is 1. The van der Waals surface area contributed by atoms with Gasteiger partial charge in [-0.3, -0.25) is 10.1 Å². The van der Waals surface area contributed by atoms with Crippen LogP contribution in [0, 0.1) is 23.0 Å². The fourth-order valence-corrected chi connectivity index (χ4v) is 4.57. The Hall–Kier alpha value is -2.73. The summed E-state index contributed by atoms with van der Waals surface area (Å²) in [5.74, 6) is 0.678. The molecule has 0 saturated heterocycles. The third kappa shape index (κ3) is 5.25. The van der Waals surface area contributed by atoms with Crippen molar-refractivity contribution in [1.82, 2.24) is 4.57 Å². The molecule has 0 amide bonds. The van der Waals surface area contributed by atoms with Crippen LogP contribution in [0.25, 0.3) is 11.3 Å². The van der Waals surface area contributed by atoms with Crippen molar-refractivity contribution < 1.29 is 4.92 Å². The average Bonchev–Trinajstić information content (AvgIpc) is 3.13. The second kappa shape index (κ2) is 9.85. The minimum absolute atomic E-state index is 0.107. The van der Waals surface area contributed by atoms with Gasteiger partial charge in [-0.1, -0.05) is 57.0 Å². The van der Waals surface area contributed by atoms with Crippen molar-refractivity contribution in [3.8, 4) is 11.3 Å². The Kier molecular flexibility index (Phi) is 7.21. The lowest BCUT2D eigenvalue weighted by Gasteiger charge is -2.18. The normalized spacial score (nSPS) is 13.0. The highest BCUT2D eigenvalue weighted by molar-refractivity contribution is 7.07. The molecule has 0 aliphatic heterocycles. The lowest BCUT2D eigenvalue weighted by atomic mass is 10.0. The smallest absolute Gasteiger partial charge is 0.270 e. The second-order valence-electron chi connectivity index (χ2n) is 8.15. The van der Waals surface area contributed by atoms with Gasteiger partial charge in [-0.05, 0) is 37.8 Å². The quantitative estimate of drug-likeness (QED) is 0.288. The number of rotatable bonds is 8. The van der Waals surface area contributed by atoms with Gasteiger partial charge < -0.3 is 4.57 Å². The molecule has 1 atom stereocenters. The first kappa shape index (κ1) is 22.0. The van der Waals surface area contributed by atoms with Gasteiger partial charge in [0, 0.05) is 29.1 Å². The Morgan fingerprint density at radius 1 is 1.10 bits per heavy atom. The van der Waals surface area contributed by atoms with E-state index in [4.69, 9.17) is 4.99 Å². The van der Waals surface area contributed by atoms with Gasteiger partial charge in [-0.25, -0.2) is 4.99 Å². The van der Waals surface area contributed by atoms with Crippen LogP contribution in [0.3, 0.4) is 0 Å². The molecule has 0 N–H and O–H groups in total. The predicted octanol–water partition coefficient (Wildman–Crippen LogP) is 7.05. The number of aromatic nitrogens is 1. The fraction of sp³-hybridized carbons (Fsp3) is 0.375. The van der Waals surface area contributed by atoms with E-state index in [0.29, 0.717) is 5.92 Å². The molecule has 3 rings (SSSR count). The number of nitro groups is 1. The number of para-hydroxylation sites is 1. The van der Waals surface area contributed by atoms with E-state index in [-0.39, 0.29) is 16.7 Å². The molecular formula is C24H29N3O2S. The molecule has 1 aromatic heterocycles. The molecule has 1 unspecified atom stereocenters. The molecule has 1 heterocycles. The Morgan fingerprint density at radius 3 is 2.57 bits per heavy atom. The second-order valence-corrected chi connectivity index (χ2v) is 8.99. The highest BCUT2D eigenvalue weighted by Crippen LogP contribution is 2.29. The lowest BCUT2D eigenvalue weighted by Crippen LogP contribution is -2.20. The standard InChI is InChI=1S/C24H29N3O2S/c1-17(2)9-7-11-19(4)26-23(20-12-8-13-21(15-20)27(28)29)16-30-24(26)25-22-14-6-5-10-18(22)3/h5-6,8,10,12-17,19H,7,9,11H2,1-4H3. The number of non-ortho nitro benzene ring substituents is 1. The fourth-order valence-electron chi connectivity index (χ4n) is 3.56. The molecule has 6 heteroatoms. The summed E-state index contributed by atoms with van der Waals surface area (Å²) in [6.07, 6.45) is 3.36. The van der Waals surface area contributed by atoms with Gasteiger partial charge in [0.2, 0.25) is 0 Å². The topological polar surface area (TPSA) is 60.4 Å². The van der Waals surface area contributed by atoms with Gasteiger partial charge in [-0.2, -0.15) is 0 Å². The zero-order chi connectivity index (χ0) is 21.7. The molecule has 0 aliphatic rings. The summed E-state index contributed by atoms with van der Waals surface area (Å²) in [4.78, 5) is 16.8. The van der Waals surface area contributed by atoms with Crippen molar-refractivity contribution >= 4 is 22.7 Å². The first-order valence-corrected chi connectivity index (χ1v) is 11.3. The van der Waals surface area contributed by atoms with Crippen LogP contribution >= 0.6 is 11.3 Å². The molecule has 3 aromatic rings. The van der Waals surface area contributed by atoms with Crippen molar-refractivity contribution in [2.75, 3.05) is 0 Å². The van der Waals surface area contributed by atoms with E-state index < -0.39 is 0 Å². The largest absolute Gasteiger partial charge is 0.314 e. The van der Waals surface area contributed by atoms with E-state index in [9.17, 15) is 10.1 Å². The molecule has 0 bridgehead atoms. The Labute approximate surface area is 181 Å². The molecule has 0 fully saturated rings. The monoisotopic (exact) mass is 423 g/mol. The maximum Gasteiger partial charge on any atom is 0.270 e. The lowest BCUT2D eigenvalue weighted by molar-refractivity contribution is -0.384. The van der Waals surface area contributed by atoms with Crippen LogP contribution in [-0.4, -0.2) is 9.49 Å². The summed E-state index contributed by atoms with van der Waals surface area (Å²) in [6, 6.07) is 15.2. The number of benzene rings is 2. The minimum Gasteiger partial charge on any atom is -0.314 e. The van der Waals surface area contributed by atoms with Crippen molar-refractivity contribution in [3.05, 3.63) is 74.4 Å². The molecule has 0 radical (unpaired) electrons. The first-order valence-electron chi connectivity index (χ1n) is 10.4. The maximum atomic E-state index is 11.3. The number of aryl methyl sites for hydroxylation is 1. The summed E-state index contributed by atoms with van der Waals surface area (Å²) in [5.41, 5.74) is 4.01. The summed E-state index contributed by atoms with van der Waals surface area (Å²) < 4.78 is 2.25. The van der Waals surface area contributed by atoms with E-state index in [1.165, 1.54) is 12.5 Å². The third-order valence-electron chi connectivity index (χ3n) is 5.27. The van der Waals surface area contributed by atoms with E-state index in [0.717, 1.165) is 40.2 Å². The van der Waals surface area contributed by atoms with Crippen molar-refractivity contribution in [2.24, 2.45) is 10.9 Å². The first-order chi connectivity index (χ1) is 14.4. The van der Waals surface area contributed by atoms with Crippen LogP contribution in [0.1, 0.15) is 51.6 Å². The van der Waals surface area contributed by atoms with Crippen LogP contribution < -0.4 is 4.80 Å². The average molecular weight is 424 g/mol. The highest BCUT2D eigenvalue weighted by atomic mass is 32.1. The van der Waals surface area contributed by atoms with Gasteiger partial charge in [0.05, 0.1) is 16.3 Å². The molecule has 5 nitrogen and oxygen atoms in total. The van der Waals surface area contributed by atoms with E-state index in [2.05, 4.69) is 43.7 Å². The van der Waals surface area contributed by atoms with Crippen LogP contribution in [0.15, 0.2) is 58.9 Å². The van der Waals surface area contributed by atoms with Crippen LogP contribution in [0.2, 0.25) is 0 Å². The molecule has 158 valence electrons. The van der Waals surface area contributed by atoms with Crippen molar-refractivity contribution in [3.63, 3.8) is 0 Å². The zero-order valence-electron chi connectivity index (χ0n) is 18.0. The van der Waals surface area contributed by atoms with Gasteiger partial charge in [0.15, 0.2) is 4.80 Å². The van der Waals surface area contributed by atoms with Crippen LogP contribution in [0.4, 0.5) is 11.4 Å². The summed E-state index contributed by atoms with van der Waals surface area (Å²) >= 11 is 1.58. The molecule has 2 aromatic carbocycles. The Morgan fingerprint density at radius 2 is 1.87 bits per heavy atom. The summed E-state index contributed by atoms with van der Waals surface area (Å²) in [7, 11) is 0. The summed E-state index contributed by atoms with van der Waals surface area (Å²) in [6.45, 7) is 8.76. The van der Waals surface area contributed by atoms with E-state index in [1.54, 1.807) is 23.5 Å². The Bertz CT molecular complexity index is 1080. The Balaban J connectivity index is 2.09. The SMILES string of the molecule is Cc1ccccc1N=c1scc(-c2cccc([N+](=O)[O-])c2)n1C(C)CCCC(C)C. The van der Waals surface area contributed by atoms with Gasteiger partial charge >= 0.3 is 0 Å². The van der Waals surface area contributed by atoms with Gasteiger partial charge in [0.25, 0.3) is 5.69 Å². The number of hydrogen-bond acceptors (Lipinski definition) is 4. The maximum absolute atomic E-state index is 11.3. The van der Waals surface area contributed by atoms with Crippen LogP contribution in [0.5, 0.6) is 0 Å². The zero-order valence-corrected chi connectivity index (χ0v) is 18.9. The number of hydrogen-bond donors (Lipinski definition) is 0. The highest BCUT2D eigenvalue weighted by Gasteiger charge is 2.16. The molecule has 30 heavy (non-hydrogen) atoms. The predicted molar refractivity (Wildman–Crippen MR) is 124 cm³/mol. The van der Waals surface area contributed by atoms with Crippen molar-refractivity contribution in [2.45, 2.75) is 53.0 Å². The number of nitrogens with zero attached hydrogens (tertiary/aromatic N) is 3.